The molecule has 1 aliphatic heterocycles. The predicted molar refractivity (Wildman–Crippen MR) is 151 cm³/mol. The maximum atomic E-state index is 11.4. The Kier molecular flexibility index (Phi) is 6.87. The van der Waals surface area contributed by atoms with Crippen LogP contribution in [0.4, 0.5) is 16.4 Å². The van der Waals surface area contributed by atoms with Crippen molar-refractivity contribution in [2.75, 3.05) is 30.3 Å². The van der Waals surface area contributed by atoms with E-state index in [1.165, 1.54) is 17.7 Å². The van der Waals surface area contributed by atoms with Gasteiger partial charge in [0, 0.05) is 54.5 Å². The van der Waals surface area contributed by atoms with Crippen LogP contribution in [0.25, 0.3) is 22.0 Å². The predicted octanol–water partition coefficient (Wildman–Crippen LogP) is 6.17. The van der Waals surface area contributed by atoms with Crippen LogP contribution in [0, 0.1) is 12.8 Å². The summed E-state index contributed by atoms with van der Waals surface area (Å²) in [5.74, 6) is 2.46. The van der Waals surface area contributed by atoms with Gasteiger partial charge in [0.15, 0.2) is 0 Å². The van der Waals surface area contributed by atoms with Gasteiger partial charge in [-0.15, -0.1) is 0 Å². The Hall–Kier alpha value is -4.40. The van der Waals surface area contributed by atoms with Crippen LogP contribution in [0.1, 0.15) is 31.2 Å². The van der Waals surface area contributed by atoms with Gasteiger partial charge in [-0.1, -0.05) is 24.3 Å². The fraction of sp³-hybridized carbons (Fsp3) is 0.333. The number of aromatic nitrogens is 3. The van der Waals surface area contributed by atoms with Crippen LogP contribution in [-0.4, -0.2) is 56.7 Å². The van der Waals surface area contributed by atoms with Gasteiger partial charge < -0.3 is 25.4 Å². The molecular formula is C30H32N6O3. The van der Waals surface area contributed by atoms with Gasteiger partial charge in [-0.3, -0.25) is 0 Å². The Balaban J connectivity index is 1.28. The monoisotopic (exact) mass is 524 g/mol. The van der Waals surface area contributed by atoms with Crippen LogP contribution in [0.3, 0.4) is 0 Å². The molecule has 3 N–H and O–H groups in total. The highest BCUT2D eigenvalue weighted by atomic mass is 16.5. The lowest BCUT2D eigenvalue weighted by Crippen LogP contribution is -2.44. The van der Waals surface area contributed by atoms with Crippen molar-refractivity contribution in [3.63, 3.8) is 0 Å². The highest BCUT2D eigenvalue weighted by molar-refractivity contribution is 5.98. The Morgan fingerprint density at radius 1 is 1.05 bits per heavy atom. The maximum Gasteiger partial charge on any atom is 0.407 e. The molecule has 39 heavy (non-hydrogen) atoms. The standard InChI is InChI=1S/C30H32N6O3/c1-19-9-12-22-23(6-2-8-25(22)33-17-20-10-11-20)27(19)39-28-24(7-3-14-31-28)26-13-15-32-29(35-26)34-21-5-4-16-36(18-21)30(37)38/h2-3,6-9,12-15,20-21,33H,4-5,10-11,16-18H2,1H3,(H,37,38)(H,32,34,35)/t21-/m0/s1. The molecule has 0 spiro atoms. The average molecular weight is 525 g/mol. The summed E-state index contributed by atoms with van der Waals surface area (Å²) in [5, 5.41) is 18.4. The minimum absolute atomic E-state index is 0.0456. The van der Waals surface area contributed by atoms with Crippen molar-refractivity contribution in [1.29, 1.82) is 0 Å². The number of carboxylic acid groups (broad SMARTS) is 1. The zero-order valence-electron chi connectivity index (χ0n) is 21.9. The van der Waals surface area contributed by atoms with Crippen LogP contribution in [0.5, 0.6) is 11.6 Å². The first-order chi connectivity index (χ1) is 19.0. The third kappa shape index (κ3) is 5.57. The summed E-state index contributed by atoms with van der Waals surface area (Å²) in [6.07, 6.45) is 6.77. The third-order valence-electron chi connectivity index (χ3n) is 7.41. The number of ether oxygens (including phenoxy) is 1. The van der Waals surface area contributed by atoms with E-state index in [9.17, 15) is 9.90 Å². The smallest absolute Gasteiger partial charge is 0.407 e. The summed E-state index contributed by atoms with van der Waals surface area (Å²) < 4.78 is 6.54. The van der Waals surface area contributed by atoms with E-state index in [0.717, 1.165) is 58.6 Å². The van der Waals surface area contributed by atoms with Crippen molar-refractivity contribution in [3.05, 3.63) is 66.5 Å². The molecule has 6 rings (SSSR count). The molecule has 1 saturated heterocycles. The molecule has 1 amide bonds. The van der Waals surface area contributed by atoms with Crippen molar-refractivity contribution in [1.82, 2.24) is 19.9 Å². The van der Waals surface area contributed by atoms with Gasteiger partial charge in [0.25, 0.3) is 0 Å². The SMILES string of the molecule is Cc1ccc2c(NCC3CC3)cccc2c1Oc1ncccc1-c1ccnc(N[C@H]2CCCN(C(=O)O)C2)n1. The molecule has 3 heterocycles. The Bertz CT molecular complexity index is 1510. The molecule has 0 radical (unpaired) electrons. The molecule has 4 aromatic rings. The molecule has 2 aromatic heterocycles. The summed E-state index contributed by atoms with van der Waals surface area (Å²) in [5.41, 5.74) is 3.55. The number of rotatable bonds is 8. The van der Waals surface area contributed by atoms with E-state index in [4.69, 9.17) is 9.72 Å². The number of benzene rings is 2. The fourth-order valence-electron chi connectivity index (χ4n) is 5.10. The zero-order valence-corrected chi connectivity index (χ0v) is 21.9. The number of hydrogen-bond acceptors (Lipinski definition) is 7. The number of pyridine rings is 1. The maximum absolute atomic E-state index is 11.4. The number of anilines is 2. The first-order valence-corrected chi connectivity index (χ1v) is 13.5. The van der Waals surface area contributed by atoms with Gasteiger partial charge in [-0.2, -0.15) is 0 Å². The van der Waals surface area contributed by atoms with E-state index in [2.05, 4.69) is 50.9 Å². The second-order valence-corrected chi connectivity index (χ2v) is 10.4. The summed E-state index contributed by atoms with van der Waals surface area (Å²) in [6.45, 7) is 3.99. The third-order valence-corrected chi connectivity index (χ3v) is 7.41. The fourth-order valence-corrected chi connectivity index (χ4v) is 5.10. The first kappa shape index (κ1) is 24.9. The van der Waals surface area contributed by atoms with Gasteiger partial charge in [0.05, 0.1) is 11.3 Å². The average Bonchev–Trinajstić information content (AvgIpc) is 3.78. The Morgan fingerprint density at radius 3 is 2.79 bits per heavy atom. The van der Waals surface area contributed by atoms with Crippen LogP contribution in [0.15, 0.2) is 60.9 Å². The quantitative estimate of drug-likeness (QED) is 0.251. The van der Waals surface area contributed by atoms with Crippen LogP contribution >= 0.6 is 0 Å². The molecule has 0 bridgehead atoms. The number of nitrogens with one attached hydrogen (secondary N) is 2. The lowest BCUT2D eigenvalue weighted by atomic mass is 10.0. The van der Waals surface area contributed by atoms with Crippen LogP contribution in [0.2, 0.25) is 0 Å². The van der Waals surface area contributed by atoms with Gasteiger partial charge in [0.1, 0.15) is 5.75 Å². The second kappa shape index (κ2) is 10.8. The molecule has 9 nitrogen and oxygen atoms in total. The number of carbonyl (C=O) groups is 1. The van der Waals surface area contributed by atoms with Crippen molar-refractivity contribution < 1.29 is 14.6 Å². The van der Waals surface area contributed by atoms with Gasteiger partial charge in [-0.05, 0) is 68.4 Å². The minimum atomic E-state index is -0.900. The summed E-state index contributed by atoms with van der Waals surface area (Å²) >= 11 is 0. The Morgan fingerprint density at radius 2 is 1.95 bits per heavy atom. The molecular weight excluding hydrogens is 492 g/mol. The molecule has 1 aliphatic carbocycles. The number of aryl methyl sites for hydroxylation is 1. The van der Waals surface area contributed by atoms with Crippen molar-refractivity contribution >= 4 is 28.5 Å². The highest BCUT2D eigenvalue weighted by Gasteiger charge is 2.24. The molecule has 1 saturated carbocycles. The van der Waals surface area contributed by atoms with Crippen LogP contribution in [-0.2, 0) is 0 Å². The molecule has 9 heteroatoms. The van der Waals surface area contributed by atoms with E-state index < -0.39 is 6.09 Å². The number of nitrogens with zero attached hydrogens (tertiary/aromatic N) is 4. The van der Waals surface area contributed by atoms with E-state index in [0.29, 0.717) is 30.6 Å². The molecule has 200 valence electrons. The van der Waals surface area contributed by atoms with E-state index in [-0.39, 0.29) is 6.04 Å². The Labute approximate surface area is 227 Å². The topological polar surface area (TPSA) is 112 Å². The summed E-state index contributed by atoms with van der Waals surface area (Å²) in [4.78, 5) is 26.5. The first-order valence-electron chi connectivity index (χ1n) is 13.5. The molecule has 0 unspecified atom stereocenters. The summed E-state index contributed by atoms with van der Waals surface area (Å²) in [6, 6.07) is 16.1. The van der Waals surface area contributed by atoms with E-state index in [1.54, 1.807) is 12.4 Å². The van der Waals surface area contributed by atoms with E-state index >= 15 is 0 Å². The van der Waals surface area contributed by atoms with Crippen molar-refractivity contribution in [2.45, 2.75) is 38.6 Å². The normalized spacial score (nSPS) is 17.2. The molecule has 2 aliphatic rings. The molecule has 1 atom stereocenters. The van der Waals surface area contributed by atoms with E-state index in [1.807, 2.05) is 25.1 Å². The largest absolute Gasteiger partial charge is 0.465 e. The number of piperidine rings is 1. The minimum Gasteiger partial charge on any atom is -0.465 e. The lowest BCUT2D eigenvalue weighted by Gasteiger charge is -2.31. The number of likely N-dealkylation sites (tertiary alicyclic amines) is 1. The van der Waals surface area contributed by atoms with Crippen molar-refractivity contribution in [3.8, 4) is 22.9 Å². The van der Waals surface area contributed by atoms with Crippen molar-refractivity contribution in [2.24, 2.45) is 5.92 Å². The number of fused-ring (bicyclic) bond motifs is 1. The summed E-state index contributed by atoms with van der Waals surface area (Å²) in [7, 11) is 0. The molecule has 2 fully saturated rings. The van der Waals surface area contributed by atoms with Gasteiger partial charge in [-0.25, -0.2) is 19.7 Å². The lowest BCUT2D eigenvalue weighted by molar-refractivity contribution is 0.132. The second-order valence-electron chi connectivity index (χ2n) is 10.4. The number of hydrogen-bond donors (Lipinski definition) is 3. The number of amides is 1. The van der Waals surface area contributed by atoms with Gasteiger partial charge >= 0.3 is 6.09 Å². The zero-order chi connectivity index (χ0) is 26.8. The van der Waals surface area contributed by atoms with Gasteiger partial charge in [0.2, 0.25) is 11.8 Å². The van der Waals surface area contributed by atoms with Crippen LogP contribution < -0.4 is 15.4 Å². The highest BCUT2D eigenvalue weighted by Crippen LogP contribution is 2.39. The molecule has 2 aromatic carbocycles.